The molecule has 3 nitrogen and oxygen atoms in total. The van der Waals surface area contributed by atoms with E-state index in [1.54, 1.807) is 12.3 Å². The van der Waals surface area contributed by atoms with Gasteiger partial charge in [-0.15, -0.1) is 0 Å². The van der Waals surface area contributed by atoms with Gasteiger partial charge in [-0.1, -0.05) is 25.1 Å². The zero-order chi connectivity index (χ0) is 14.7. The van der Waals surface area contributed by atoms with Gasteiger partial charge in [-0.2, -0.15) is 0 Å². The fraction of sp³-hybridized carbons (Fsp3) is 0.235. The largest absolute Gasteiger partial charge is 0.459 e. The topological polar surface area (TPSA) is 38.1 Å². The molecule has 1 N–H and O–H groups in total. The van der Waals surface area contributed by atoms with Crippen molar-refractivity contribution < 1.29 is 8.81 Å². The summed E-state index contributed by atoms with van der Waals surface area (Å²) in [5, 5.41) is 4.31. The van der Waals surface area contributed by atoms with Crippen molar-refractivity contribution in [1.82, 2.24) is 10.3 Å². The smallest absolute Gasteiger partial charge is 0.146 e. The third-order valence-electron chi connectivity index (χ3n) is 3.39. The summed E-state index contributed by atoms with van der Waals surface area (Å²) < 4.78 is 19.9. The molecule has 0 aliphatic heterocycles. The third kappa shape index (κ3) is 2.81. The molecule has 0 saturated carbocycles. The predicted octanol–water partition coefficient (Wildman–Crippen LogP) is 4.06. The second-order valence-corrected chi connectivity index (χ2v) is 4.94. The number of benzene rings is 1. The first-order chi connectivity index (χ1) is 10.3. The van der Waals surface area contributed by atoms with Gasteiger partial charge in [0.2, 0.25) is 0 Å². The van der Waals surface area contributed by atoms with Gasteiger partial charge in [-0.25, -0.2) is 4.39 Å². The summed E-state index contributed by atoms with van der Waals surface area (Å²) in [7, 11) is 0. The van der Waals surface area contributed by atoms with Gasteiger partial charge in [0.15, 0.2) is 0 Å². The Morgan fingerprint density at radius 2 is 2.10 bits per heavy atom. The molecule has 4 heteroatoms. The van der Waals surface area contributed by atoms with Gasteiger partial charge in [0.1, 0.15) is 28.9 Å². The van der Waals surface area contributed by atoms with E-state index in [1.807, 2.05) is 30.3 Å². The summed E-state index contributed by atoms with van der Waals surface area (Å²) in [6, 6.07) is 12.3. The quantitative estimate of drug-likeness (QED) is 0.768. The highest BCUT2D eigenvalue weighted by atomic mass is 19.1. The summed E-state index contributed by atoms with van der Waals surface area (Å²) in [4.78, 5) is 4.18. The Balaban J connectivity index is 2.04. The van der Waals surface area contributed by atoms with Gasteiger partial charge >= 0.3 is 0 Å². The van der Waals surface area contributed by atoms with E-state index in [0.29, 0.717) is 11.5 Å². The molecule has 3 aromatic rings. The van der Waals surface area contributed by atoms with E-state index in [0.717, 1.165) is 23.9 Å². The van der Waals surface area contributed by atoms with Gasteiger partial charge in [0.25, 0.3) is 0 Å². The molecular formula is C17H17FN2O. The molecule has 0 fully saturated rings. The summed E-state index contributed by atoms with van der Waals surface area (Å²) in [6.07, 6.45) is 2.55. The van der Waals surface area contributed by atoms with Crippen molar-refractivity contribution in [3.05, 3.63) is 65.9 Å². The zero-order valence-electron chi connectivity index (χ0n) is 11.8. The number of fused-ring (bicyclic) bond motifs is 1. The van der Waals surface area contributed by atoms with Crippen LogP contribution < -0.4 is 5.32 Å². The maximum atomic E-state index is 14.1. The van der Waals surface area contributed by atoms with Crippen molar-refractivity contribution in [3.63, 3.8) is 0 Å². The summed E-state index contributed by atoms with van der Waals surface area (Å²) >= 11 is 0. The number of hydrogen-bond acceptors (Lipinski definition) is 3. The lowest BCUT2D eigenvalue weighted by molar-refractivity contribution is 0.447. The van der Waals surface area contributed by atoms with Gasteiger partial charge in [0, 0.05) is 11.6 Å². The molecular weight excluding hydrogens is 267 g/mol. The molecule has 0 spiro atoms. The van der Waals surface area contributed by atoms with Crippen LogP contribution >= 0.6 is 0 Å². The Morgan fingerprint density at radius 1 is 1.24 bits per heavy atom. The zero-order valence-corrected chi connectivity index (χ0v) is 11.8. The molecule has 2 aromatic heterocycles. The maximum absolute atomic E-state index is 14.1. The second-order valence-electron chi connectivity index (χ2n) is 4.94. The molecule has 0 radical (unpaired) electrons. The average molecular weight is 284 g/mol. The van der Waals surface area contributed by atoms with Crippen molar-refractivity contribution in [2.24, 2.45) is 0 Å². The van der Waals surface area contributed by atoms with Crippen LogP contribution in [0.1, 0.15) is 30.8 Å². The lowest BCUT2D eigenvalue weighted by atomic mass is 10.1. The highest BCUT2D eigenvalue weighted by Gasteiger charge is 2.22. The second kappa shape index (κ2) is 6.06. The van der Waals surface area contributed by atoms with Gasteiger partial charge in [0.05, 0.1) is 0 Å². The first kappa shape index (κ1) is 13.8. The molecule has 21 heavy (non-hydrogen) atoms. The lowest BCUT2D eigenvalue weighted by Gasteiger charge is -2.16. The van der Waals surface area contributed by atoms with Crippen LogP contribution in [0.4, 0.5) is 4.39 Å². The van der Waals surface area contributed by atoms with Crippen LogP contribution in [0.2, 0.25) is 0 Å². The molecule has 1 atom stereocenters. The predicted molar refractivity (Wildman–Crippen MR) is 80.5 cm³/mol. The number of nitrogens with one attached hydrogen (secondary N) is 1. The van der Waals surface area contributed by atoms with Crippen molar-refractivity contribution in [2.45, 2.75) is 19.4 Å². The Kier molecular flexibility index (Phi) is 3.97. The molecule has 3 rings (SSSR count). The number of para-hydroxylation sites is 1. The van der Waals surface area contributed by atoms with Gasteiger partial charge in [-0.05, 0) is 37.2 Å². The van der Waals surface area contributed by atoms with Crippen LogP contribution in [0, 0.1) is 5.82 Å². The SMILES string of the molecule is CCCNC(c1cc2ccccc2o1)c1ncccc1F. The Labute approximate surface area is 122 Å². The molecule has 0 bridgehead atoms. The number of furan rings is 1. The van der Waals surface area contributed by atoms with Crippen LogP contribution in [-0.2, 0) is 0 Å². The van der Waals surface area contributed by atoms with Crippen LogP contribution in [-0.4, -0.2) is 11.5 Å². The molecule has 1 aromatic carbocycles. The standard InChI is InChI=1S/C17H17FN2O/c1-2-9-19-17(16-13(18)7-5-10-20-16)15-11-12-6-3-4-8-14(12)21-15/h3-8,10-11,17,19H,2,9H2,1H3. The number of halogens is 1. The average Bonchev–Trinajstić information content (AvgIpc) is 2.93. The number of rotatable bonds is 5. The fourth-order valence-electron chi connectivity index (χ4n) is 2.38. The summed E-state index contributed by atoms with van der Waals surface area (Å²) in [6.45, 7) is 2.83. The molecule has 0 aliphatic rings. The van der Waals surface area contributed by atoms with Crippen molar-refractivity contribution in [3.8, 4) is 0 Å². The molecule has 108 valence electrons. The van der Waals surface area contributed by atoms with E-state index in [2.05, 4.69) is 17.2 Å². The van der Waals surface area contributed by atoms with Crippen molar-refractivity contribution >= 4 is 11.0 Å². The number of nitrogens with zero attached hydrogens (tertiary/aromatic N) is 1. The first-order valence-electron chi connectivity index (χ1n) is 7.12. The van der Waals surface area contributed by atoms with E-state index < -0.39 is 0 Å². The third-order valence-corrected chi connectivity index (χ3v) is 3.39. The summed E-state index contributed by atoms with van der Waals surface area (Å²) in [5.41, 5.74) is 1.16. The van der Waals surface area contributed by atoms with Crippen LogP contribution in [0.15, 0.2) is 53.1 Å². The van der Waals surface area contributed by atoms with Gasteiger partial charge < -0.3 is 9.73 Å². The van der Waals surface area contributed by atoms with E-state index in [9.17, 15) is 4.39 Å². The number of aromatic nitrogens is 1. The molecule has 2 heterocycles. The Bertz CT molecular complexity index is 705. The molecule has 1 unspecified atom stereocenters. The fourth-order valence-corrected chi connectivity index (χ4v) is 2.38. The Morgan fingerprint density at radius 3 is 2.86 bits per heavy atom. The van der Waals surface area contributed by atoms with Crippen LogP contribution in [0.3, 0.4) is 0 Å². The van der Waals surface area contributed by atoms with Crippen molar-refractivity contribution in [2.75, 3.05) is 6.54 Å². The molecule has 0 aliphatic carbocycles. The minimum atomic E-state index is -0.376. The molecule has 0 saturated heterocycles. The maximum Gasteiger partial charge on any atom is 0.146 e. The van der Waals surface area contributed by atoms with E-state index >= 15 is 0 Å². The number of pyridine rings is 1. The van der Waals surface area contributed by atoms with Crippen molar-refractivity contribution in [1.29, 1.82) is 0 Å². The van der Waals surface area contributed by atoms with Crippen LogP contribution in [0.25, 0.3) is 11.0 Å². The normalized spacial score (nSPS) is 12.7. The highest BCUT2D eigenvalue weighted by molar-refractivity contribution is 5.77. The van der Waals surface area contributed by atoms with E-state index in [1.165, 1.54) is 6.07 Å². The van der Waals surface area contributed by atoms with E-state index in [4.69, 9.17) is 4.42 Å². The highest BCUT2D eigenvalue weighted by Crippen LogP contribution is 2.28. The first-order valence-corrected chi connectivity index (χ1v) is 7.12. The minimum Gasteiger partial charge on any atom is -0.459 e. The Hall–Kier alpha value is -2.20. The molecule has 0 amide bonds. The van der Waals surface area contributed by atoms with E-state index in [-0.39, 0.29) is 11.9 Å². The van der Waals surface area contributed by atoms with Crippen LogP contribution in [0.5, 0.6) is 0 Å². The number of hydrogen-bond donors (Lipinski definition) is 1. The van der Waals surface area contributed by atoms with Gasteiger partial charge in [-0.3, -0.25) is 4.98 Å². The lowest BCUT2D eigenvalue weighted by Crippen LogP contribution is -2.24. The summed E-state index contributed by atoms with van der Waals surface area (Å²) in [5.74, 6) is 0.355. The minimum absolute atomic E-state index is 0.327. The monoisotopic (exact) mass is 284 g/mol.